The summed E-state index contributed by atoms with van der Waals surface area (Å²) in [6, 6.07) is 17.7. The minimum absolute atomic E-state index is 0.0805. The van der Waals surface area contributed by atoms with Gasteiger partial charge in [0, 0.05) is 52.0 Å². The fourth-order valence-electron chi connectivity index (χ4n) is 5.55. The summed E-state index contributed by atoms with van der Waals surface area (Å²) in [5.41, 5.74) is 1.85. The standard InChI is InChI=1S/C29H28Cl3N3O2/c1-28(2)15-17(16-29(3,4)34-28)37-24-14-23-19(26(33-24)18-8-5-6-9-20(18)30)12-13-25(36)35(23)27-21(31)10-7-11-22(27)32/h5-14,17,34H,15-16H2,1-4H3. The maximum absolute atomic E-state index is 13.3. The molecule has 0 aliphatic carbocycles. The van der Waals surface area contributed by atoms with E-state index < -0.39 is 0 Å². The smallest absolute Gasteiger partial charge is 0.255 e. The number of rotatable bonds is 4. The van der Waals surface area contributed by atoms with Gasteiger partial charge in [0.15, 0.2) is 0 Å². The molecule has 2 aromatic heterocycles. The fourth-order valence-corrected chi connectivity index (χ4v) is 6.34. The van der Waals surface area contributed by atoms with Crippen LogP contribution in [0.5, 0.6) is 5.88 Å². The minimum atomic E-state index is -0.270. The molecule has 1 aliphatic rings. The van der Waals surface area contributed by atoms with Gasteiger partial charge in [0.2, 0.25) is 5.88 Å². The molecule has 8 heteroatoms. The number of hydrogen-bond donors (Lipinski definition) is 1. The molecule has 1 N–H and O–H groups in total. The Kier molecular flexibility index (Phi) is 6.78. The van der Waals surface area contributed by atoms with E-state index in [4.69, 9.17) is 44.5 Å². The van der Waals surface area contributed by atoms with E-state index in [1.807, 2.05) is 24.3 Å². The lowest BCUT2D eigenvalue weighted by Gasteiger charge is -2.46. The van der Waals surface area contributed by atoms with Gasteiger partial charge in [-0.2, -0.15) is 0 Å². The number of halogens is 3. The highest BCUT2D eigenvalue weighted by atomic mass is 35.5. The number of fused-ring (bicyclic) bond motifs is 1. The van der Waals surface area contributed by atoms with Crippen LogP contribution in [-0.2, 0) is 0 Å². The molecule has 0 radical (unpaired) electrons. The Morgan fingerprint density at radius 3 is 2.16 bits per heavy atom. The average molecular weight is 557 g/mol. The first-order valence-electron chi connectivity index (χ1n) is 12.2. The van der Waals surface area contributed by atoms with Crippen molar-refractivity contribution >= 4 is 45.7 Å². The minimum Gasteiger partial charge on any atom is -0.474 e. The lowest BCUT2D eigenvalue weighted by atomic mass is 9.81. The lowest BCUT2D eigenvalue weighted by Crippen LogP contribution is -2.60. The Bertz CT molecular complexity index is 1530. The summed E-state index contributed by atoms with van der Waals surface area (Å²) in [4.78, 5) is 18.2. The third-order valence-corrected chi connectivity index (χ3v) is 7.54. The van der Waals surface area contributed by atoms with Gasteiger partial charge in [-0.1, -0.05) is 59.1 Å². The van der Waals surface area contributed by atoms with Gasteiger partial charge in [0.25, 0.3) is 5.56 Å². The van der Waals surface area contributed by atoms with Crippen molar-refractivity contribution in [1.82, 2.24) is 14.9 Å². The number of piperidine rings is 1. The highest BCUT2D eigenvalue weighted by Crippen LogP contribution is 2.38. The van der Waals surface area contributed by atoms with Crippen molar-refractivity contribution in [1.29, 1.82) is 0 Å². The van der Waals surface area contributed by atoms with Crippen molar-refractivity contribution in [2.75, 3.05) is 0 Å². The molecule has 1 fully saturated rings. The number of aromatic nitrogens is 2. The molecule has 0 unspecified atom stereocenters. The van der Waals surface area contributed by atoms with Gasteiger partial charge in [-0.3, -0.25) is 9.36 Å². The molecule has 1 aliphatic heterocycles. The van der Waals surface area contributed by atoms with Gasteiger partial charge < -0.3 is 10.1 Å². The normalized spacial score (nSPS) is 17.2. The number of hydrogen-bond acceptors (Lipinski definition) is 4. The molecule has 4 aromatic rings. The molecular formula is C29H28Cl3N3O2. The third kappa shape index (κ3) is 5.23. The number of pyridine rings is 2. The molecule has 37 heavy (non-hydrogen) atoms. The maximum Gasteiger partial charge on any atom is 0.255 e. The SMILES string of the molecule is CC1(C)CC(Oc2cc3c(ccc(=O)n3-c3c(Cl)cccc3Cl)c(-c3ccccc3Cl)n2)CC(C)(C)N1. The zero-order chi connectivity index (χ0) is 26.5. The van der Waals surface area contributed by atoms with Crippen LogP contribution in [0.1, 0.15) is 40.5 Å². The second-order valence-corrected chi connectivity index (χ2v) is 12.1. The van der Waals surface area contributed by atoms with Gasteiger partial charge in [-0.05, 0) is 52.0 Å². The molecule has 0 spiro atoms. The van der Waals surface area contributed by atoms with E-state index in [0.29, 0.717) is 37.8 Å². The molecular weight excluding hydrogens is 529 g/mol. The van der Waals surface area contributed by atoms with Gasteiger partial charge in [0.1, 0.15) is 6.10 Å². The van der Waals surface area contributed by atoms with Gasteiger partial charge in [-0.15, -0.1) is 0 Å². The molecule has 0 saturated carbocycles. The second kappa shape index (κ2) is 9.63. The third-order valence-electron chi connectivity index (χ3n) is 6.60. The molecule has 0 atom stereocenters. The quantitative estimate of drug-likeness (QED) is 0.280. The highest BCUT2D eigenvalue weighted by Gasteiger charge is 2.39. The fraction of sp³-hybridized carbons (Fsp3) is 0.310. The summed E-state index contributed by atoms with van der Waals surface area (Å²) in [7, 11) is 0. The zero-order valence-electron chi connectivity index (χ0n) is 21.1. The first-order valence-corrected chi connectivity index (χ1v) is 13.3. The number of benzene rings is 2. The predicted octanol–water partition coefficient (Wildman–Crippen LogP) is 7.70. The van der Waals surface area contributed by atoms with E-state index in [1.165, 1.54) is 10.6 Å². The summed E-state index contributed by atoms with van der Waals surface area (Å²) in [5.74, 6) is 0.406. The molecule has 3 heterocycles. The van der Waals surface area contributed by atoms with E-state index in [0.717, 1.165) is 23.8 Å². The molecule has 0 amide bonds. The number of ether oxygens (including phenoxy) is 1. The zero-order valence-corrected chi connectivity index (χ0v) is 23.4. The Morgan fingerprint density at radius 1 is 0.892 bits per heavy atom. The monoisotopic (exact) mass is 555 g/mol. The van der Waals surface area contributed by atoms with Crippen LogP contribution >= 0.6 is 34.8 Å². The first-order chi connectivity index (χ1) is 17.4. The van der Waals surface area contributed by atoms with Crippen molar-refractivity contribution in [3.63, 3.8) is 0 Å². The van der Waals surface area contributed by atoms with Crippen LogP contribution in [0, 0.1) is 0 Å². The average Bonchev–Trinajstić information content (AvgIpc) is 2.78. The summed E-state index contributed by atoms with van der Waals surface area (Å²) in [6.45, 7) is 8.68. The first kappa shape index (κ1) is 26.1. The Balaban J connectivity index is 1.76. The van der Waals surface area contributed by atoms with E-state index in [1.54, 1.807) is 30.3 Å². The van der Waals surface area contributed by atoms with Crippen LogP contribution < -0.4 is 15.6 Å². The number of para-hydroxylation sites is 1. The largest absolute Gasteiger partial charge is 0.474 e. The van der Waals surface area contributed by atoms with Crippen molar-refractivity contribution in [3.8, 4) is 22.8 Å². The molecule has 5 nitrogen and oxygen atoms in total. The van der Waals surface area contributed by atoms with Crippen LogP contribution in [0.15, 0.2) is 65.5 Å². The Labute approximate surface area is 231 Å². The molecule has 0 bridgehead atoms. The molecule has 192 valence electrons. The van der Waals surface area contributed by atoms with Crippen LogP contribution in [-0.4, -0.2) is 26.7 Å². The van der Waals surface area contributed by atoms with Crippen molar-refractivity contribution < 1.29 is 4.74 Å². The summed E-state index contributed by atoms with van der Waals surface area (Å²) in [5, 5.41) is 5.68. The van der Waals surface area contributed by atoms with Crippen molar-refractivity contribution in [2.45, 2.75) is 57.7 Å². The summed E-state index contributed by atoms with van der Waals surface area (Å²) >= 11 is 19.7. The molecule has 1 saturated heterocycles. The summed E-state index contributed by atoms with van der Waals surface area (Å²) < 4.78 is 8.07. The van der Waals surface area contributed by atoms with Gasteiger partial charge in [0.05, 0.1) is 26.9 Å². The lowest BCUT2D eigenvalue weighted by molar-refractivity contribution is 0.0532. The predicted molar refractivity (Wildman–Crippen MR) is 153 cm³/mol. The van der Waals surface area contributed by atoms with Crippen molar-refractivity contribution in [3.05, 3.63) is 86.1 Å². The highest BCUT2D eigenvalue weighted by molar-refractivity contribution is 6.38. The molecule has 2 aromatic carbocycles. The van der Waals surface area contributed by atoms with E-state index in [9.17, 15) is 4.79 Å². The van der Waals surface area contributed by atoms with Gasteiger partial charge in [-0.25, -0.2) is 4.98 Å². The number of nitrogens with one attached hydrogen (secondary N) is 1. The van der Waals surface area contributed by atoms with Crippen molar-refractivity contribution in [2.24, 2.45) is 0 Å². The maximum atomic E-state index is 13.3. The van der Waals surface area contributed by atoms with E-state index >= 15 is 0 Å². The van der Waals surface area contributed by atoms with E-state index in [2.05, 4.69) is 33.0 Å². The topological polar surface area (TPSA) is 56.2 Å². The van der Waals surface area contributed by atoms with Crippen LogP contribution in [0.3, 0.4) is 0 Å². The Hall–Kier alpha value is -2.57. The Morgan fingerprint density at radius 2 is 1.51 bits per heavy atom. The van der Waals surface area contributed by atoms with Crippen LogP contribution in [0.25, 0.3) is 27.8 Å². The second-order valence-electron chi connectivity index (χ2n) is 10.8. The number of nitrogens with zero attached hydrogens (tertiary/aromatic N) is 2. The molecule has 5 rings (SSSR count). The van der Waals surface area contributed by atoms with E-state index in [-0.39, 0.29) is 22.7 Å². The van der Waals surface area contributed by atoms with Crippen LogP contribution in [0.4, 0.5) is 0 Å². The summed E-state index contributed by atoms with van der Waals surface area (Å²) in [6.07, 6.45) is 1.52. The van der Waals surface area contributed by atoms with Gasteiger partial charge >= 0.3 is 0 Å². The van der Waals surface area contributed by atoms with Crippen LogP contribution in [0.2, 0.25) is 15.1 Å².